The first-order chi connectivity index (χ1) is 13.8. The number of hydrogen-bond acceptors (Lipinski definition) is 4. The Balaban J connectivity index is 1.39. The first-order valence-electron chi connectivity index (χ1n) is 11.8. The average molecular weight is 408 g/mol. The van der Waals surface area contributed by atoms with Gasteiger partial charge in [0.1, 0.15) is 5.60 Å². The van der Waals surface area contributed by atoms with Gasteiger partial charge in [-0.25, -0.2) is 4.79 Å². The predicted octanol–water partition coefficient (Wildman–Crippen LogP) is 3.79. The molecule has 2 amide bonds. The molecule has 166 valence electrons. The molecule has 2 aliphatic heterocycles. The maximum atomic E-state index is 12.8. The van der Waals surface area contributed by atoms with E-state index in [1.54, 1.807) is 4.90 Å². The molecular formula is C23H41N3O3. The summed E-state index contributed by atoms with van der Waals surface area (Å²) in [6, 6.07) is 0.280. The van der Waals surface area contributed by atoms with E-state index < -0.39 is 5.60 Å². The third-order valence-electron chi connectivity index (χ3n) is 6.62. The molecule has 3 fully saturated rings. The Hall–Kier alpha value is -1.30. The second-order valence-corrected chi connectivity index (χ2v) is 10.4. The van der Waals surface area contributed by atoms with Gasteiger partial charge in [-0.3, -0.25) is 4.79 Å². The summed E-state index contributed by atoms with van der Waals surface area (Å²) in [5.74, 6) is 0.886. The van der Waals surface area contributed by atoms with Crippen LogP contribution in [0, 0.1) is 11.8 Å². The molecule has 1 atom stereocenters. The smallest absolute Gasteiger partial charge is 0.410 e. The second kappa shape index (κ2) is 10.1. The van der Waals surface area contributed by atoms with Crippen molar-refractivity contribution < 1.29 is 14.3 Å². The van der Waals surface area contributed by atoms with E-state index in [4.69, 9.17) is 4.74 Å². The molecule has 1 unspecified atom stereocenters. The van der Waals surface area contributed by atoms with E-state index in [2.05, 4.69) is 10.2 Å². The molecule has 6 nitrogen and oxygen atoms in total. The van der Waals surface area contributed by atoms with Gasteiger partial charge in [-0.1, -0.05) is 19.3 Å². The van der Waals surface area contributed by atoms with Crippen molar-refractivity contribution in [3.63, 3.8) is 0 Å². The Kier molecular flexibility index (Phi) is 7.83. The van der Waals surface area contributed by atoms with Crippen LogP contribution in [0.25, 0.3) is 0 Å². The summed E-state index contributed by atoms with van der Waals surface area (Å²) >= 11 is 0. The Bertz CT molecular complexity index is 546. The summed E-state index contributed by atoms with van der Waals surface area (Å²) in [6.07, 6.45) is 10.5. The number of ether oxygens (including phenoxy) is 1. The maximum Gasteiger partial charge on any atom is 0.410 e. The summed E-state index contributed by atoms with van der Waals surface area (Å²) < 4.78 is 5.48. The molecule has 3 rings (SSSR count). The van der Waals surface area contributed by atoms with Crippen molar-refractivity contribution in [1.82, 2.24) is 15.1 Å². The Morgan fingerprint density at radius 3 is 2.28 bits per heavy atom. The summed E-state index contributed by atoms with van der Waals surface area (Å²) in [5.41, 5.74) is -0.502. The number of hydrogen-bond donors (Lipinski definition) is 1. The largest absolute Gasteiger partial charge is 0.444 e. The molecule has 0 spiro atoms. The summed E-state index contributed by atoms with van der Waals surface area (Å²) in [5, 5.41) is 3.28. The third-order valence-corrected chi connectivity index (χ3v) is 6.62. The van der Waals surface area contributed by atoms with Crippen molar-refractivity contribution in [3.8, 4) is 0 Å². The van der Waals surface area contributed by atoms with Crippen LogP contribution >= 0.6 is 0 Å². The van der Waals surface area contributed by atoms with Crippen molar-refractivity contribution in [2.75, 3.05) is 32.7 Å². The number of rotatable bonds is 4. The van der Waals surface area contributed by atoms with Crippen LogP contribution in [0.15, 0.2) is 0 Å². The molecule has 0 aromatic carbocycles. The standard InChI is InChI=1S/C23H41N3O3/c1-23(2,3)29-22(28)26-13-7-10-19(17-26)21(27)24-20-11-14-25(15-12-20)16-18-8-5-4-6-9-18/h18-20H,4-17H2,1-3H3,(H,24,27). The molecule has 2 heterocycles. The number of carbonyl (C=O) groups is 2. The lowest BCUT2D eigenvalue weighted by Gasteiger charge is -2.37. The zero-order valence-electron chi connectivity index (χ0n) is 18.8. The fraction of sp³-hybridized carbons (Fsp3) is 0.913. The first-order valence-corrected chi connectivity index (χ1v) is 11.8. The van der Waals surface area contributed by atoms with Crippen LogP contribution in [-0.4, -0.2) is 66.2 Å². The van der Waals surface area contributed by atoms with Crippen molar-refractivity contribution in [1.29, 1.82) is 0 Å². The topological polar surface area (TPSA) is 61.9 Å². The Morgan fingerprint density at radius 2 is 1.62 bits per heavy atom. The van der Waals surface area contributed by atoms with Gasteiger partial charge in [0.25, 0.3) is 0 Å². The minimum atomic E-state index is -0.502. The quantitative estimate of drug-likeness (QED) is 0.770. The van der Waals surface area contributed by atoms with Crippen LogP contribution in [0.4, 0.5) is 4.79 Å². The zero-order valence-corrected chi connectivity index (χ0v) is 18.8. The molecule has 0 aromatic rings. The monoisotopic (exact) mass is 407 g/mol. The molecule has 6 heteroatoms. The highest BCUT2D eigenvalue weighted by atomic mass is 16.6. The van der Waals surface area contributed by atoms with Gasteiger partial charge in [0.2, 0.25) is 5.91 Å². The minimum Gasteiger partial charge on any atom is -0.444 e. The van der Waals surface area contributed by atoms with E-state index >= 15 is 0 Å². The molecule has 1 N–H and O–H groups in total. The number of amides is 2. The molecule has 29 heavy (non-hydrogen) atoms. The van der Waals surface area contributed by atoms with Crippen molar-refractivity contribution in [3.05, 3.63) is 0 Å². The predicted molar refractivity (Wildman–Crippen MR) is 115 cm³/mol. The van der Waals surface area contributed by atoms with Gasteiger partial charge in [-0.2, -0.15) is 0 Å². The number of nitrogens with zero attached hydrogens (tertiary/aromatic N) is 2. The number of nitrogens with one attached hydrogen (secondary N) is 1. The molecule has 2 saturated heterocycles. The molecule has 1 saturated carbocycles. The van der Waals surface area contributed by atoms with Crippen LogP contribution < -0.4 is 5.32 Å². The molecule has 0 aromatic heterocycles. The van der Waals surface area contributed by atoms with Gasteiger partial charge in [-0.05, 0) is 65.2 Å². The van der Waals surface area contributed by atoms with Gasteiger partial charge in [0.15, 0.2) is 0 Å². The van der Waals surface area contributed by atoms with Crippen LogP contribution in [0.2, 0.25) is 0 Å². The minimum absolute atomic E-state index is 0.114. The molecule has 3 aliphatic rings. The lowest BCUT2D eigenvalue weighted by Crippen LogP contribution is -2.51. The van der Waals surface area contributed by atoms with Crippen molar-refractivity contribution in [2.24, 2.45) is 11.8 Å². The van der Waals surface area contributed by atoms with E-state index in [-0.39, 0.29) is 24.0 Å². The lowest BCUT2D eigenvalue weighted by atomic mass is 9.88. The molecular weight excluding hydrogens is 366 g/mol. The number of piperidine rings is 2. The maximum absolute atomic E-state index is 12.8. The fourth-order valence-corrected chi connectivity index (χ4v) is 5.00. The molecule has 0 bridgehead atoms. The highest BCUT2D eigenvalue weighted by Gasteiger charge is 2.32. The highest BCUT2D eigenvalue weighted by molar-refractivity contribution is 5.80. The fourth-order valence-electron chi connectivity index (χ4n) is 5.00. The van der Waals surface area contributed by atoms with E-state index in [0.717, 1.165) is 44.7 Å². The molecule has 1 aliphatic carbocycles. The third kappa shape index (κ3) is 7.16. The second-order valence-electron chi connectivity index (χ2n) is 10.4. The van der Waals surface area contributed by atoms with Gasteiger partial charge >= 0.3 is 6.09 Å². The summed E-state index contributed by atoms with van der Waals surface area (Å²) in [6.45, 7) is 10.2. The van der Waals surface area contributed by atoms with Gasteiger partial charge in [0, 0.05) is 38.8 Å². The highest BCUT2D eigenvalue weighted by Crippen LogP contribution is 2.26. The van der Waals surface area contributed by atoms with Crippen LogP contribution in [0.5, 0.6) is 0 Å². The van der Waals surface area contributed by atoms with Gasteiger partial charge in [0.05, 0.1) is 5.92 Å². The lowest BCUT2D eigenvalue weighted by molar-refractivity contribution is -0.127. The number of carbonyl (C=O) groups excluding carboxylic acids is 2. The van der Waals surface area contributed by atoms with Crippen molar-refractivity contribution >= 4 is 12.0 Å². The van der Waals surface area contributed by atoms with Crippen LogP contribution in [0.1, 0.15) is 78.6 Å². The summed E-state index contributed by atoms with van der Waals surface area (Å²) in [7, 11) is 0. The normalized spacial score (nSPS) is 25.6. The van der Waals surface area contributed by atoms with Crippen LogP contribution in [-0.2, 0) is 9.53 Å². The Labute approximate surface area is 176 Å². The van der Waals surface area contributed by atoms with Crippen molar-refractivity contribution in [2.45, 2.75) is 90.2 Å². The summed E-state index contributed by atoms with van der Waals surface area (Å²) in [4.78, 5) is 29.5. The molecule has 0 radical (unpaired) electrons. The zero-order chi connectivity index (χ0) is 20.9. The van der Waals surface area contributed by atoms with Gasteiger partial charge < -0.3 is 19.9 Å². The van der Waals surface area contributed by atoms with Gasteiger partial charge in [-0.15, -0.1) is 0 Å². The van der Waals surface area contributed by atoms with E-state index in [1.807, 2.05) is 20.8 Å². The van der Waals surface area contributed by atoms with Crippen LogP contribution in [0.3, 0.4) is 0 Å². The SMILES string of the molecule is CC(C)(C)OC(=O)N1CCCC(C(=O)NC2CCN(CC3CCCCC3)CC2)C1. The average Bonchev–Trinajstić information content (AvgIpc) is 2.69. The first kappa shape index (κ1) is 22.4. The Morgan fingerprint density at radius 1 is 0.931 bits per heavy atom. The van der Waals surface area contributed by atoms with E-state index in [0.29, 0.717) is 13.1 Å². The number of likely N-dealkylation sites (tertiary alicyclic amines) is 2. The van der Waals surface area contributed by atoms with E-state index in [9.17, 15) is 9.59 Å². The van der Waals surface area contributed by atoms with E-state index in [1.165, 1.54) is 38.6 Å².